The smallest absolute Gasteiger partial charge is 0.138 e. The van der Waals surface area contributed by atoms with Crippen LogP contribution in [0.25, 0.3) is 10.9 Å². The van der Waals surface area contributed by atoms with Crippen LogP contribution < -0.4 is 0 Å². The maximum absolute atomic E-state index is 11.9. The molecule has 0 aliphatic rings. The molecule has 0 aliphatic carbocycles. The standard InChI is InChI=1S/C15H20N2O/c1-3-5-8-12(18)11-14-13-9-6-7-10-15(13)17(4-2)16-14/h6-7,9-10H,3-5,8,11H2,1-2H3. The van der Waals surface area contributed by atoms with Crippen LogP contribution in [-0.2, 0) is 17.8 Å². The van der Waals surface area contributed by atoms with Gasteiger partial charge in [0.2, 0.25) is 0 Å². The Morgan fingerprint density at radius 2 is 2.06 bits per heavy atom. The van der Waals surface area contributed by atoms with Gasteiger partial charge in [-0.2, -0.15) is 5.10 Å². The van der Waals surface area contributed by atoms with Gasteiger partial charge in [-0.05, 0) is 19.4 Å². The number of Topliss-reactive ketones (excluding diaryl/α,β-unsaturated/α-hetero) is 1. The number of hydrogen-bond donors (Lipinski definition) is 0. The number of fused-ring (bicyclic) bond motifs is 1. The molecule has 0 unspecified atom stereocenters. The molecule has 0 aliphatic heterocycles. The minimum atomic E-state index is 0.295. The van der Waals surface area contributed by atoms with E-state index < -0.39 is 0 Å². The molecule has 0 spiro atoms. The number of nitrogens with zero attached hydrogens (tertiary/aromatic N) is 2. The highest BCUT2D eigenvalue weighted by molar-refractivity contribution is 5.88. The second kappa shape index (κ2) is 5.80. The minimum Gasteiger partial charge on any atom is -0.299 e. The molecule has 0 bridgehead atoms. The predicted octanol–water partition coefficient (Wildman–Crippen LogP) is 3.36. The lowest BCUT2D eigenvalue weighted by Gasteiger charge is -1.97. The molecular weight excluding hydrogens is 224 g/mol. The number of aryl methyl sites for hydroxylation is 1. The minimum absolute atomic E-state index is 0.295. The molecule has 1 aromatic heterocycles. The topological polar surface area (TPSA) is 34.9 Å². The first-order valence-electron chi connectivity index (χ1n) is 6.72. The highest BCUT2D eigenvalue weighted by atomic mass is 16.1. The molecule has 0 fully saturated rings. The van der Waals surface area contributed by atoms with Gasteiger partial charge in [-0.3, -0.25) is 9.48 Å². The maximum Gasteiger partial charge on any atom is 0.138 e. The third-order valence-electron chi connectivity index (χ3n) is 3.21. The van der Waals surface area contributed by atoms with Crippen molar-refractivity contribution in [2.75, 3.05) is 0 Å². The highest BCUT2D eigenvalue weighted by Crippen LogP contribution is 2.19. The van der Waals surface area contributed by atoms with Crippen LogP contribution in [0.15, 0.2) is 24.3 Å². The van der Waals surface area contributed by atoms with Gasteiger partial charge in [0.05, 0.1) is 17.6 Å². The van der Waals surface area contributed by atoms with Crippen molar-refractivity contribution >= 4 is 16.7 Å². The van der Waals surface area contributed by atoms with E-state index in [0.29, 0.717) is 18.6 Å². The summed E-state index contributed by atoms with van der Waals surface area (Å²) >= 11 is 0. The van der Waals surface area contributed by atoms with Crippen molar-refractivity contribution in [1.29, 1.82) is 0 Å². The van der Waals surface area contributed by atoms with Crippen LogP contribution in [0.1, 0.15) is 38.8 Å². The zero-order chi connectivity index (χ0) is 13.0. The molecule has 2 rings (SSSR count). The van der Waals surface area contributed by atoms with Crippen LogP contribution in [0, 0.1) is 0 Å². The summed E-state index contributed by atoms with van der Waals surface area (Å²) < 4.78 is 1.97. The zero-order valence-corrected chi connectivity index (χ0v) is 11.1. The van der Waals surface area contributed by atoms with Crippen LogP contribution >= 0.6 is 0 Å². The van der Waals surface area contributed by atoms with Crippen LogP contribution in [-0.4, -0.2) is 15.6 Å². The van der Waals surface area contributed by atoms with E-state index >= 15 is 0 Å². The number of carbonyl (C=O) groups is 1. The Balaban J connectivity index is 2.25. The maximum atomic E-state index is 11.9. The Bertz CT molecular complexity index is 542. The molecule has 1 heterocycles. The van der Waals surface area contributed by atoms with E-state index in [1.54, 1.807) is 0 Å². The summed E-state index contributed by atoms with van der Waals surface area (Å²) in [6.45, 7) is 5.01. The molecule has 0 amide bonds. The Kier molecular flexibility index (Phi) is 4.13. The quantitative estimate of drug-likeness (QED) is 0.781. The van der Waals surface area contributed by atoms with Gasteiger partial charge in [0.1, 0.15) is 5.78 Å². The van der Waals surface area contributed by atoms with Crippen molar-refractivity contribution in [3.63, 3.8) is 0 Å². The number of hydrogen-bond acceptors (Lipinski definition) is 2. The number of para-hydroxylation sites is 1. The number of carbonyl (C=O) groups excluding carboxylic acids is 1. The van der Waals surface area contributed by atoms with Crippen LogP contribution in [0.5, 0.6) is 0 Å². The van der Waals surface area contributed by atoms with Crippen molar-refractivity contribution in [3.05, 3.63) is 30.0 Å². The lowest BCUT2D eigenvalue weighted by atomic mass is 10.1. The SMILES string of the molecule is CCCCC(=O)Cc1nn(CC)c2ccccc12. The largest absolute Gasteiger partial charge is 0.299 e. The van der Waals surface area contributed by atoms with Gasteiger partial charge < -0.3 is 0 Å². The van der Waals surface area contributed by atoms with E-state index in [1.807, 2.05) is 16.8 Å². The number of benzene rings is 1. The van der Waals surface area contributed by atoms with Crippen LogP contribution in [0.4, 0.5) is 0 Å². The molecule has 0 saturated carbocycles. The van der Waals surface area contributed by atoms with E-state index in [2.05, 4.69) is 31.1 Å². The van der Waals surface area contributed by atoms with Crippen molar-refractivity contribution < 1.29 is 4.79 Å². The van der Waals surface area contributed by atoms with Crippen LogP contribution in [0.3, 0.4) is 0 Å². The van der Waals surface area contributed by atoms with Crippen molar-refractivity contribution in [2.24, 2.45) is 0 Å². The molecule has 0 atom stereocenters. The monoisotopic (exact) mass is 244 g/mol. The van der Waals surface area contributed by atoms with Crippen molar-refractivity contribution in [1.82, 2.24) is 9.78 Å². The molecular formula is C15H20N2O. The van der Waals surface area contributed by atoms with Crippen molar-refractivity contribution in [2.45, 2.75) is 46.1 Å². The molecule has 2 aromatic rings. The zero-order valence-electron chi connectivity index (χ0n) is 11.1. The molecule has 0 radical (unpaired) electrons. The highest BCUT2D eigenvalue weighted by Gasteiger charge is 2.12. The van der Waals surface area contributed by atoms with Gasteiger partial charge in [0.15, 0.2) is 0 Å². The summed E-state index contributed by atoms with van der Waals surface area (Å²) in [4.78, 5) is 11.9. The summed E-state index contributed by atoms with van der Waals surface area (Å²) in [5, 5.41) is 5.67. The molecule has 3 nitrogen and oxygen atoms in total. The summed E-state index contributed by atoms with van der Waals surface area (Å²) in [7, 11) is 0. The number of ketones is 1. The summed E-state index contributed by atoms with van der Waals surface area (Å²) in [6.07, 6.45) is 3.18. The fourth-order valence-electron chi connectivity index (χ4n) is 2.22. The number of rotatable bonds is 6. The Hall–Kier alpha value is -1.64. The van der Waals surface area contributed by atoms with Gasteiger partial charge in [0.25, 0.3) is 0 Å². The van der Waals surface area contributed by atoms with E-state index in [-0.39, 0.29) is 0 Å². The third kappa shape index (κ3) is 2.61. The van der Waals surface area contributed by atoms with E-state index in [9.17, 15) is 4.79 Å². The van der Waals surface area contributed by atoms with Gasteiger partial charge in [0, 0.05) is 18.4 Å². The average molecular weight is 244 g/mol. The second-order valence-electron chi connectivity index (χ2n) is 4.60. The Morgan fingerprint density at radius 1 is 1.28 bits per heavy atom. The molecule has 0 saturated heterocycles. The molecule has 96 valence electrons. The fraction of sp³-hybridized carbons (Fsp3) is 0.467. The van der Waals surface area contributed by atoms with Gasteiger partial charge in [-0.25, -0.2) is 0 Å². The lowest BCUT2D eigenvalue weighted by Crippen LogP contribution is -2.04. The summed E-state index contributed by atoms with van der Waals surface area (Å²) in [6, 6.07) is 8.13. The lowest BCUT2D eigenvalue weighted by molar-refractivity contribution is -0.118. The normalized spacial score (nSPS) is 11.0. The van der Waals surface area contributed by atoms with Gasteiger partial charge >= 0.3 is 0 Å². The number of aromatic nitrogens is 2. The van der Waals surface area contributed by atoms with Gasteiger partial charge in [-0.15, -0.1) is 0 Å². The van der Waals surface area contributed by atoms with Crippen LogP contribution in [0.2, 0.25) is 0 Å². The average Bonchev–Trinajstić information content (AvgIpc) is 2.75. The molecule has 1 aromatic carbocycles. The third-order valence-corrected chi connectivity index (χ3v) is 3.21. The molecule has 3 heteroatoms. The van der Waals surface area contributed by atoms with E-state index in [0.717, 1.165) is 36.0 Å². The first-order chi connectivity index (χ1) is 8.76. The second-order valence-corrected chi connectivity index (χ2v) is 4.60. The van der Waals surface area contributed by atoms with E-state index in [4.69, 9.17) is 0 Å². The summed E-state index contributed by atoms with van der Waals surface area (Å²) in [5.41, 5.74) is 2.05. The van der Waals surface area contributed by atoms with Crippen molar-refractivity contribution in [3.8, 4) is 0 Å². The first kappa shape index (κ1) is 12.8. The molecule has 0 N–H and O–H groups in total. The Labute approximate surface area is 108 Å². The summed E-state index contributed by atoms with van der Waals surface area (Å²) in [5.74, 6) is 0.295. The fourth-order valence-corrected chi connectivity index (χ4v) is 2.22. The molecule has 18 heavy (non-hydrogen) atoms. The van der Waals surface area contributed by atoms with Gasteiger partial charge in [-0.1, -0.05) is 31.5 Å². The first-order valence-corrected chi connectivity index (χ1v) is 6.72. The number of unbranched alkanes of at least 4 members (excludes halogenated alkanes) is 1. The Morgan fingerprint density at radius 3 is 2.78 bits per heavy atom. The van der Waals surface area contributed by atoms with E-state index in [1.165, 1.54) is 0 Å². The predicted molar refractivity (Wildman–Crippen MR) is 73.6 cm³/mol.